The Kier molecular flexibility index (Phi) is 2.77. The van der Waals surface area contributed by atoms with Crippen LogP contribution in [0, 0.1) is 0 Å². The van der Waals surface area contributed by atoms with Gasteiger partial charge in [0.05, 0.1) is 5.56 Å². The molecule has 1 fully saturated rings. The van der Waals surface area contributed by atoms with Crippen molar-refractivity contribution < 1.29 is 9.53 Å². The monoisotopic (exact) mass is 191 g/mol. The van der Waals surface area contributed by atoms with Gasteiger partial charge in [-0.05, 0) is 37.8 Å². The van der Waals surface area contributed by atoms with Crippen molar-refractivity contribution in [3.05, 3.63) is 23.9 Å². The summed E-state index contributed by atoms with van der Waals surface area (Å²) < 4.78 is 5.65. The summed E-state index contributed by atoms with van der Waals surface area (Å²) >= 11 is 0. The van der Waals surface area contributed by atoms with Crippen molar-refractivity contribution in [1.82, 2.24) is 4.98 Å². The molecular formula is C11H13NO2. The van der Waals surface area contributed by atoms with Crippen LogP contribution in [-0.4, -0.2) is 17.4 Å². The fourth-order valence-corrected chi connectivity index (χ4v) is 1.76. The van der Waals surface area contributed by atoms with E-state index in [1.165, 1.54) is 12.8 Å². The van der Waals surface area contributed by atoms with Crippen LogP contribution < -0.4 is 4.74 Å². The number of nitrogens with zero attached hydrogens (tertiary/aromatic N) is 1. The van der Waals surface area contributed by atoms with E-state index in [4.69, 9.17) is 4.74 Å². The molecule has 0 N–H and O–H groups in total. The number of carbonyl (C=O) groups is 1. The maximum absolute atomic E-state index is 10.7. The lowest BCUT2D eigenvalue weighted by molar-refractivity contribution is 0.111. The molecule has 0 bridgehead atoms. The van der Waals surface area contributed by atoms with Gasteiger partial charge in [0.15, 0.2) is 6.29 Å². The summed E-state index contributed by atoms with van der Waals surface area (Å²) in [5, 5.41) is 0. The molecule has 0 unspecified atom stereocenters. The first kappa shape index (κ1) is 9.19. The molecule has 0 spiro atoms. The van der Waals surface area contributed by atoms with Gasteiger partial charge >= 0.3 is 0 Å². The zero-order valence-electron chi connectivity index (χ0n) is 7.98. The van der Waals surface area contributed by atoms with Crippen molar-refractivity contribution in [2.45, 2.75) is 31.8 Å². The van der Waals surface area contributed by atoms with Crippen LogP contribution in [0.3, 0.4) is 0 Å². The highest BCUT2D eigenvalue weighted by atomic mass is 16.5. The Bertz CT molecular complexity index is 319. The lowest BCUT2D eigenvalue weighted by Crippen LogP contribution is -2.13. The zero-order valence-corrected chi connectivity index (χ0v) is 7.98. The largest absolute Gasteiger partial charge is 0.474 e. The van der Waals surface area contributed by atoms with Crippen LogP contribution in [0.5, 0.6) is 5.88 Å². The molecule has 1 aromatic rings. The second-order valence-electron chi connectivity index (χ2n) is 3.54. The van der Waals surface area contributed by atoms with E-state index in [-0.39, 0.29) is 6.10 Å². The number of aromatic nitrogens is 1. The van der Waals surface area contributed by atoms with Crippen LogP contribution in [-0.2, 0) is 0 Å². The van der Waals surface area contributed by atoms with Gasteiger partial charge in [-0.1, -0.05) is 0 Å². The van der Waals surface area contributed by atoms with E-state index in [2.05, 4.69) is 4.98 Å². The third-order valence-electron chi connectivity index (χ3n) is 2.51. The predicted molar refractivity (Wildman–Crippen MR) is 52.5 cm³/mol. The fourth-order valence-electron chi connectivity index (χ4n) is 1.76. The average Bonchev–Trinajstić information content (AvgIpc) is 2.71. The molecule has 0 aromatic carbocycles. The van der Waals surface area contributed by atoms with E-state index in [0.29, 0.717) is 11.4 Å². The van der Waals surface area contributed by atoms with Crippen LogP contribution >= 0.6 is 0 Å². The van der Waals surface area contributed by atoms with E-state index in [1.807, 2.05) is 0 Å². The summed E-state index contributed by atoms with van der Waals surface area (Å²) in [7, 11) is 0. The second-order valence-corrected chi connectivity index (χ2v) is 3.54. The highest BCUT2D eigenvalue weighted by Gasteiger charge is 2.18. The van der Waals surface area contributed by atoms with E-state index in [0.717, 1.165) is 19.1 Å². The number of rotatable bonds is 3. The molecule has 1 aliphatic rings. The molecule has 0 amide bonds. The van der Waals surface area contributed by atoms with Crippen LogP contribution in [0.25, 0.3) is 0 Å². The highest BCUT2D eigenvalue weighted by molar-refractivity contribution is 5.77. The molecule has 3 heteroatoms. The van der Waals surface area contributed by atoms with Crippen molar-refractivity contribution in [3.63, 3.8) is 0 Å². The Morgan fingerprint density at radius 2 is 2.21 bits per heavy atom. The van der Waals surface area contributed by atoms with Gasteiger partial charge in [0.25, 0.3) is 0 Å². The predicted octanol–water partition coefficient (Wildman–Crippen LogP) is 2.22. The topological polar surface area (TPSA) is 39.2 Å². The SMILES string of the molecule is O=Cc1cccnc1OC1CCCC1. The number of aldehydes is 1. The maximum atomic E-state index is 10.7. The molecule has 1 aliphatic carbocycles. The lowest BCUT2D eigenvalue weighted by Gasteiger charge is -2.12. The van der Waals surface area contributed by atoms with Gasteiger partial charge in [0.2, 0.25) is 5.88 Å². The molecule has 2 rings (SSSR count). The smallest absolute Gasteiger partial charge is 0.224 e. The summed E-state index contributed by atoms with van der Waals surface area (Å²) in [4.78, 5) is 14.7. The summed E-state index contributed by atoms with van der Waals surface area (Å²) in [5.41, 5.74) is 0.541. The molecule has 0 aliphatic heterocycles. The molecule has 1 heterocycles. The minimum absolute atomic E-state index is 0.253. The van der Waals surface area contributed by atoms with Crippen LogP contribution in [0.4, 0.5) is 0 Å². The number of ether oxygens (including phenoxy) is 1. The van der Waals surface area contributed by atoms with Gasteiger partial charge in [-0.25, -0.2) is 4.98 Å². The van der Waals surface area contributed by atoms with E-state index in [1.54, 1.807) is 18.3 Å². The quantitative estimate of drug-likeness (QED) is 0.687. The summed E-state index contributed by atoms with van der Waals surface area (Å²) in [5.74, 6) is 0.481. The van der Waals surface area contributed by atoms with Gasteiger partial charge in [0, 0.05) is 6.20 Å². The van der Waals surface area contributed by atoms with Crippen molar-refractivity contribution in [2.75, 3.05) is 0 Å². The van der Waals surface area contributed by atoms with Crippen LogP contribution in [0.1, 0.15) is 36.0 Å². The number of pyridine rings is 1. The third kappa shape index (κ3) is 1.92. The molecule has 3 nitrogen and oxygen atoms in total. The standard InChI is InChI=1S/C11H13NO2/c13-8-9-4-3-7-12-11(9)14-10-5-1-2-6-10/h3-4,7-8,10H,1-2,5-6H2. The molecule has 0 saturated heterocycles. The first-order valence-electron chi connectivity index (χ1n) is 4.97. The van der Waals surface area contributed by atoms with Gasteiger partial charge in [0.1, 0.15) is 6.10 Å². The Hall–Kier alpha value is -1.38. The Morgan fingerprint density at radius 3 is 2.93 bits per heavy atom. The molecule has 74 valence electrons. The molecule has 0 radical (unpaired) electrons. The first-order chi connectivity index (χ1) is 6.90. The van der Waals surface area contributed by atoms with E-state index >= 15 is 0 Å². The summed E-state index contributed by atoms with van der Waals surface area (Å²) in [6, 6.07) is 3.47. The zero-order chi connectivity index (χ0) is 9.80. The van der Waals surface area contributed by atoms with Crippen molar-refractivity contribution in [3.8, 4) is 5.88 Å². The Balaban J connectivity index is 2.10. The van der Waals surface area contributed by atoms with Gasteiger partial charge in [-0.2, -0.15) is 0 Å². The van der Waals surface area contributed by atoms with Crippen molar-refractivity contribution in [2.24, 2.45) is 0 Å². The number of hydrogen-bond donors (Lipinski definition) is 0. The van der Waals surface area contributed by atoms with Crippen molar-refractivity contribution >= 4 is 6.29 Å². The van der Waals surface area contributed by atoms with Gasteiger partial charge in [-0.3, -0.25) is 4.79 Å². The molecular weight excluding hydrogens is 178 g/mol. The van der Waals surface area contributed by atoms with Crippen LogP contribution in [0.15, 0.2) is 18.3 Å². The molecule has 1 saturated carbocycles. The lowest BCUT2D eigenvalue weighted by atomic mass is 10.3. The van der Waals surface area contributed by atoms with E-state index < -0.39 is 0 Å². The minimum Gasteiger partial charge on any atom is -0.474 e. The second kappa shape index (κ2) is 4.22. The minimum atomic E-state index is 0.253. The Labute approximate surface area is 83.1 Å². The number of hydrogen-bond acceptors (Lipinski definition) is 3. The molecule has 0 atom stereocenters. The highest BCUT2D eigenvalue weighted by Crippen LogP contribution is 2.24. The fraction of sp³-hybridized carbons (Fsp3) is 0.455. The van der Waals surface area contributed by atoms with Crippen LogP contribution in [0.2, 0.25) is 0 Å². The van der Waals surface area contributed by atoms with Gasteiger partial charge < -0.3 is 4.74 Å². The average molecular weight is 191 g/mol. The van der Waals surface area contributed by atoms with E-state index in [9.17, 15) is 4.79 Å². The van der Waals surface area contributed by atoms with Gasteiger partial charge in [-0.15, -0.1) is 0 Å². The Morgan fingerprint density at radius 1 is 1.43 bits per heavy atom. The third-order valence-corrected chi connectivity index (χ3v) is 2.51. The number of carbonyl (C=O) groups excluding carboxylic acids is 1. The maximum Gasteiger partial charge on any atom is 0.224 e. The first-order valence-corrected chi connectivity index (χ1v) is 4.97. The normalized spacial score (nSPS) is 16.9. The molecule has 1 aromatic heterocycles. The molecule has 14 heavy (non-hydrogen) atoms. The summed E-state index contributed by atoms with van der Waals surface area (Å²) in [6.07, 6.45) is 7.28. The van der Waals surface area contributed by atoms with Crippen molar-refractivity contribution in [1.29, 1.82) is 0 Å². The summed E-state index contributed by atoms with van der Waals surface area (Å²) in [6.45, 7) is 0.